The lowest BCUT2D eigenvalue weighted by Crippen LogP contribution is -2.39. The molecule has 352 valence electrons. The molecule has 3 saturated heterocycles. The number of ether oxygens (including phenoxy) is 2. The molecule has 14 heteroatoms. The third-order valence-corrected chi connectivity index (χ3v) is 12.6. The van der Waals surface area contributed by atoms with Crippen molar-refractivity contribution in [2.24, 2.45) is 11.7 Å². The minimum Gasteiger partial charge on any atom is -0.453 e. The van der Waals surface area contributed by atoms with Gasteiger partial charge in [-0.05, 0) is 126 Å². The molecular weight excluding hydrogens is 807 g/mol. The van der Waals surface area contributed by atoms with E-state index in [1.54, 1.807) is 11.6 Å². The number of carbonyl (C=O) groups is 3. The van der Waals surface area contributed by atoms with Gasteiger partial charge in [-0.25, -0.2) is 14.6 Å². The molecule has 3 unspecified atom stereocenters. The number of imidazole rings is 1. The van der Waals surface area contributed by atoms with Crippen molar-refractivity contribution < 1.29 is 23.9 Å². The lowest BCUT2D eigenvalue weighted by Gasteiger charge is -2.28. The van der Waals surface area contributed by atoms with Gasteiger partial charge in [0, 0.05) is 35.8 Å². The Morgan fingerprint density at radius 3 is 2.17 bits per heavy atom. The highest BCUT2D eigenvalue weighted by atomic mass is 16.5. The Kier molecular flexibility index (Phi) is 20.5. The molecule has 3 fully saturated rings. The number of H-pyrrole nitrogens is 1. The second-order valence-electron chi connectivity index (χ2n) is 17.7. The third-order valence-electron chi connectivity index (χ3n) is 12.6. The van der Waals surface area contributed by atoms with E-state index in [0.29, 0.717) is 31.6 Å². The van der Waals surface area contributed by atoms with E-state index in [0.717, 1.165) is 37.6 Å². The van der Waals surface area contributed by atoms with Crippen molar-refractivity contribution in [1.29, 1.82) is 0 Å². The number of benzene rings is 2. The molecule has 4 aliphatic rings. The zero-order valence-corrected chi connectivity index (χ0v) is 40.1. The number of methoxy groups -OCH3 is 2. The first-order valence-electron chi connectivity index (χ1n) is 23.1. The predicted molar refractivity (Wildman–Crippen MR) is 259 cm³/mol. The number of nitrogens with two attached hydrogens (primary N) is 1. The van der Waals surface area contributed by atoms with Crippen molar-refractivity contribution in [2.75, 3.05) is 74.8 Å². The first-order valence-corrected chi connectivity index (χ1v) is 23.1. The molecule has 2 amide bonds. The van der Waals surface area contributed by atoms with E-state index in [4.69, 9.17) is 10.7 Å². The summed E-state index contributed by atoms with van der Waals surface area (Å²) in [4.78, 5) is 47.1. The van der Waals surface area contributed by atoms with Gasteiger partial charge in [0.1, 0.15) is 12.1 Å². The lowest BCUT2D eigenvalue weighted by molar-refractivity contribution is -0.110. The summed E-state index contributed by atoms with van der Waals surface area (Å²) in [5.74, 6) is 1.21. The van der Waals surface area contributed by atoms with Crippen LogP contribution >= 0.6 is 0 Å². The van der Waals surface area contributed by atoms with Crippen molar-refractivity contribution in [3.63, 3.8) is 0 Å². The monoisotopic (exact) mass is 884 g/mol. The highest BCUT2D eigenvalue weighted by Crippen LogP contribution is 2.52. The molecule has 2 aromatic carbocycles. The minimum absolute atomic E-state index is 0.0894. The molecule has 4 heterocycles. The van der Waals surface area contributed by atoms with Gasteiger partial charge in [-0.1, -0.05) is 76.6 Å². The fourth-order valence-corrected chi connectivity index (χ4v) is 9.20. The minimum atomic E-state index is -0.573. The van der Waals surface area contributed by atoms with Crippen LogP contribution in [0.1, 0.15) is 101 Å². The second-order valence-corrected chi connectivity index (χ2v) is 17.7. The van der Waals surface area contributed by atoms with Crippen LogP contribution in [0.2, 0.25) is 0 Å². The molecular formula is C50H77N9O5. The number of aldehydes is 1. The van der Waals surface area contributed by atoms with Crippen LogP contribution in [0.5, 0.6) is 0 Å². The maximum absolute atomic E-state index is 10.6. The first-order chi connectivity index (χ1) is 30.8. The molecule has 0 saturated carbocycles. The molecule has 4 atom stereocenters. The van der Waals surface area contributed by atoms with Gasteiger partial charge >= 0.3 is 12.2 Å². The number of aromatic amines is 1. The molecule has 3 aromatic rings. The number of likely N-dealkylation sites (N-methyl/N-ethyl adjacent to an activating group) is 2. The van der Waals surface area contributed by atoms with Gasteiger partial charge in [-0.3, -0.25) is 9.80 Å². The number of nitrogens with zero attached hydrogens (tertiary/aromatic N) is 4. The lowest BCUT2D eigenvalue weighted by atomic mass is 9.77. The van der Waals surface area contributed by atoms with Gasteiger partial charge in [0.2, 0.25) is 0 Å². The zero-order valence-electron chi connectivity index (χ0n) is 40.1. The Morgan fingerprint density at radius 2 is 1.62 bits per heavy atom. The van der Waals surface area contributed by atoms with Crippen LogP contribution in [0.25, 0.3) is 28.1 Å². The van der Waals surface area contributed by atoms with E-state index in [9.17, 15) is 14.4 Å². The molecule has 3 aliphatic heterocycles. The quantitative estimate of drug-likeness (QED) is 0.0695. The smallest absolute Gasteiger partial charge is 0.407 e. The summed E-state index contributed by atoms with van der Waals surface area (Å²) in [5.41, 5.74) is 16.9. The fourth-order valence-electron chi connectivity index (χ4n) is 9.20. The molecule has 7 rings (SSSR count). The van der Waals surface area contributed by atoms with E-state index in [1.807, 2.05) is 13.8 Å². The van der Waals surface area contributed by atoms with Gasteiger partial charge in [-0.15, -0.1) is 6.58 Å². The average Bonchev–Trinajstić information content (AvgIpc) is 4.16. The van der Waals surface area contributed by atoms with Gasteiger partial charge < -0.3 is 45.8 Å². The van der Waals surface area contributed by atoms with Crippen LogP contribution in [0.15, 0.2) is 61.3 Å². The summed E-state index contributed by atoms with van der Waals surface area (Å²) in [6.07, 6.45) is 15.4. The summed E-state index contributed by atoms with van der Waals surface area (Å²) >= 11 is 0. The maximum Gasteiger partial charge on any atom is 0.407 e. The number of carbonyl (C=O) groups excluding carboxylic acids is 3. The van der Waals surface area contributed by atoms with Crippen LogP contribution in [-0.4, -0.2) is 130 Å². The van der Waals surface area contributed by atoms with Crippen molar-refractivity contribution in [3.05, 3.63) is 83.8 Å². The molecule has 0 bridgehead atoms. The summed E-state index contributed by atoms with van der Waals surface area (Å²) in [6.45, 7) is 16.8. The maximum atomic E-state index is 10.6. The van der Waals surface area contributed by atoms with E-state index in [1.165, 1.54) is 99.2 Å². The number of amides is 2. The summed E-state index contributed by atoms with van der Waals surface area (Å²) in [7, 11) is 9.30. The molecule has 0 radical (unpaired) electrons. The largest absolute Gasteiger partial charge is 0.453 e. The van der Waals surface area contributed by atoms with E-state index < -0.39 is 18.2 Å². The molecule has 1 aromatic heterocycles. The number of fused-ring (bicyclic) bond motifs is 2. The number of alkyl carbamates (subject to hydrolysis) is 2. The Bertz CT molecular complexity index is 1980. The van der Waals surface area contributed by atoms with Crippen LogP contribution < -0.4 is 21.7 Å². The van der Waals surface area contributed by atoms with Gasteiger partial charge in [0.15, 0.2) is 0 Å². The molecule has 6 N–H and O–H groups in total. The van der Waals surface area contributed by atoms with Crippen molar-refractivity contribution >= 4 is 24.2 Å². The van der Waals surface area contributed by atoms with Crippen LogP contribution in [0.4, 0.5) is 9.59 Å². The summed E-state index contributed by atoms with van der Waals surface area (Å²) < 4.78 is 8.58. The molecule has 1 spiro atoms. The summed E-state index contributed by atoms with van der Waals surface area (Å²) in [5, 5.41) is 8.23. The molecule has 14 nitrogen and oxygen atoms in total. The van der Waals surface area contributed by atoms with Gasteiger partial charge in [0.25, 0.3) is 0 Å². The number of hydrogen-bond acceptors (Lipinski definition) is 11. The SMILES string of the molecule is C=CCNC(=O)OC.CCC.CN1CCC2(CCc3c(-c4cnc(C5CCCN5C)[nH]4)ccc(-c4ccc(/C(=C/[C@@H]5CCCN5C)NCN)cc4)c32)C1.COC(=O)NC(C=O)C(C)C. The highest BCUT2D eigenvalue weighted by Gasteiger charge is 2.45. The Morgan fingerprint density at radius 1 is 0.953 bits per heavy atom. The van der Waals surface area contributed by atoms with Crippen LogP contribution in [0, 0.1) is 5.92 Å². The third kappa shape index (κ3) is 13.5. The average molecular weight is 884 g/mol. The number of rotatable bonds is 12. The van der Waals surface area contributed by atoms with Crippen molar-refractivity contribution in [1.82, 2.24) is 40.6 Å². The topological polar surface area (TPSA) is 170 Å². The number of hydrogen-bond donors (Lipinski definition) is 5. The van der Waals surface area contributed by atoms with E-state index in [2.05, 4.69) is 135 Å². The van der Waals surface area contributed by atoms with Gasteiger partial charge in [-0.2, -0.15) is 0 Å². The molecule has 1 aliphatic carbocycles. The number of aromatic nitrogens is 2. The number of nitrogens with one attached hydrogen (secondary N) is 4. The van der Waals surface area contributed by atoms with Crippen molar-refractivity contribution in [2.45, 2.75) is 103 Å². The number of likely N-dealkylation sites (tertiary alicyclic amines) is 3. The first kappa shape index (κ1) is 51.6. The fraction of sp³-hybridized carbons (Fsp3) is 0.560. The Balaban J connectivity index is 0.000000339. The zero-order chi connectivity index (χ0) is 46.8. The van der Waals surface area contributed by atoms with Crippen molar-refractivity contribution in [3.8, 4) is 22.4 Å². The van der Waals surface area contributed by atoms with Crippen LogP contribution in [-0.2, 0) is 26.1 Å². The highest BCUT2D eigenvalue weighted by molar-refractivity contribution is 5.80. The standard InChI is InChI=1S/C35H47N7.C7H13NO3.C5H9NO2.C3H8/c1-40-19-16-35(22-40)15-14-29-28(31-21-37-34(39-31)32-7-5-18-42(32)3)13-12-27(33(29)35)24-8-10-25(11-9-24)30(38-23-36)20-26-6-4-17-41(26)2;1-5(2)6(4-9)8-7(10)11-3;1-3-4-6-5(7)8-2;1-3-2/h8-13,20-21,26,32,38H,4-7,14-19,22-23,36H2,1-3H3,(H,37,39);4-6H,1-3H3,(H,8,10);3H,1,4H2,2H3,(H,6,7);3H2,1-2H3/b30-20-;;;/t26-,32?,35?;;;/m0.../s1. The normalized spacial score (nSPS) is 21.1. The van der Waals surface area contributed by atoms with E-state index >= 15 is 0 Å². The van der Waals surface area contributed by atoms with Gasteiger partial charge in [0.05, 0.1) is 44.9 Å². The summed E-state index contributed by atoms with van der Waals surface area (Å²) in [6, 6.07) is 14.4. The Hall–Kier alpha value is -5.02. The predicted octanol–water partition coefficient (Wildman–Crippen LogP) is 7.48. The molecule has 64 heavy (non-hydrogen) atoms. The Labute approximate surface area is 382 Å². The second kappa shape index (κ2) is 25.5. The van der Waals surface area contributed by atoms with E-state index in [-0.39, 0.29) is 11.3 Å². The van der Waals surface area contributed by atoms with Crippen LogP contribution in [0.3, 0.4) is 0 Å².